The maximum Gasteiger partial charge on any atom is 0.433 e. The smallest absolute Gasteiger partial charge is 0.361 e. The molecule has 190 valence electrons. The summed E-state index contributed by atoms with van der Waals surface area (Å²) in [5, 5.41) is 6.11. The third-order valence-corrected chi connectivity index (χ3v) is 7.43. The monoisotopic (exact) mass is 509 g/mol. The van der Waals surface area contributed by atoms with E-state index in [1.807, 2.05) is 11.8 Å². The van der Waals surface area contributed by atoms with Crippen LogP contribution in [-0.2, 0) is 11.6 Å². The largest absolute Gasteiger partial charge is 0.433 e. The highest BCUT2D eigenvalue weighted by Gasteiger charge is 2.36. The van der Waals surface area contributed by atoms with E-state index in [4.69, 9.17) is 12.2 Å². The fraction of sp³-hybridized carbons (Fsp3) is 0.560. The zero-order valence-corrected chi connectivity index (χ0v) is 20.6. The van der Waals surface area contributed by atoms with Crippen molar-refractivity contribution in [3.05, 3.63) is 47.4 Å². The number of anilines is 2. The highest BCUT2D eigenvalue weighted by Crippen LogP contribution is 2.39. The van der Waals surface area contributed by atoms with E-state index >= 15 is 0 Å². The van der Waals surface area contributed by atoms with Gasteiger partial charge in [-0.15, -0.1) is 0 Å². The molecule has 2 aromatic rings. The first-order chi connectivity index (χ1) is 16.7. The zero-order valence-electron chi connectivity index (χ0n) is 19.8. The summed E-state index contributed by atoms with van der Waals surface area (Å²) in [5.41, 5.74) is -0.188. The van der Waals surface area contributed by atoms with Crippen LogP contribution in [0.4, 0.5) is 29.3 Å². The summed E-state index contributed by atoms with van der Waals surface area (Å²) in [6.45, 7) is 3.13. The Labute approximate surface area is 208 Å². The van der Waals surface area contributed by atoms with Gasteiger partial charge in [-0.1, -0.05) is 31.4 Å². The van der Waals surface area contributed by atoms with Crippen molar-refractivity contribution >= 4 is 29.1 Å². The van der Waals surface area contributed by atoms with Gasteiger partial charge in [-0.05, 0) is 68.9 Å². The average Bonchev–Trinajstić information content (AvgIpc) is 2.83. The number of benzene rings is 1. The van der Waals surface area contributed by atoms with Gasteiger partial charge in [0.2, 0.25) is 5.95 Å². The van der Waals surface area contributed by atoms with Crippen LogP contribution >= 0.6 is 12.2 Å². The summed E-state index contributed by atoms with van der Waals surface area (Å²) in [6, 6.07) is 7.64. The summed E-state index contributed by atoms with van der Waals surface area (Å²) >= 11 is 5.43. The fourth-order valence-electron chi connectivity index (χ4n) is 5.22. The van der Waals surface area contributed by atoms with Crippen molar-refractivity contribution in [2.24, 2.45) is 0 Å². The van der Waals surface area contributed by atoms with Crippen molar-refractivity contribution in [2.45, 2.75) is 75.9 Å². The van der Waals surface area contributed by atoms with E-state index in [0.29, 0.717) is 13.1 Å². The summed E-state index contributed by atoms with van der Waals surface area (Å²) < 4.78 is 54.3. The molecule has 5 nitrogen and oxygen atoms in total. The van der Waals surface area contributed by atoms with Crippen molar-refractivity contribution in [2.75, 3.05) is 23.3 Å². The van der Waals surface area contributed by atoms with Crippen LogP contribution in [0.3, 0.4) is 0 Å². The lowest BCUT2D eigenvalue weighted by atomic mass is 9.69. The van der Waals surface area contributed by atoms with Crippen LogP contribution in [0.25, 0.3) is 0 Å². The topological polar surface area (TPSA) is 53.1 Å². The Hall–Kier alpha value is -2.49. The van der Waals surface area contributed by atoms with Crippen LogP contribution < -0.4 is 15.5 Å². The Bertz CT molecular complexity index is 1020. The SMILES string of the molecule is CC1CCCCN1c1cc(C(F)(F)F)nc(NC(=S)NCC2(c3ccc(F)cc3)CCCCC2)n1. The van der Waals surface area contributed by atoms with Gasteiger partial charge in [0.15, 0.2) is 10.8 Å². The first kappa shape index (κ1) is 25.6. The van der Waals surface area contributed by atoms with E-state index < -0.39 is 11.9 Å². The first-order valence-corrected chi connectivity index (χ1v) is 12.6. The normalized spacial score (nSPS) is 20.4. The van der Waals surface area contributed by atoms with Gasteiger partial charge in [-0.3, -0.25) is 0 Å². The van der Waals surface area contributed by atoms with Crippen molar-refractivity contribution in [1.82, 2.24) is 15.3 Å². The number of rotatable bonds is 5. The van der Waals surface area contributed by atoms with Crippen molar-refractivity contribution in [3.63, 3.8) is 0 Å². The number of thiocarbonyl (C=S) groups is 1. The second-order valence-electron chi connectivity index (χ2n) is 9.63. The number of piperidine rings is 1. The molecule has 4 rings (SSSR count). The van der Waals surface area contributed by atoms with Crippen molar-refractivity contribution in [1.29, 1.82) is 0 Å². The maximum atomic E-state index is 13.6. The summed E-state index contributed by atoms with van der Waals surface area (Å²) in [7, 11) is 0. The van der Waals surface area contributed by atoms with E-state index in [-0.39, 0.29) is 34.2 Å². The van der Waals surface area contributed by atoms with Crippen LogP contribution in [-0.4, -0.2) is 34.2 Å². The highest BCUT2D eigenvalue weighted by atomic mass is 32.1. The van der Waals surface area contributed by atoms with Gasteiger partial charge in [0.25, 0.3) is 0 Å². The molecule has 0 radical (unpaired) electrons. The highest BCUT2D eigenvalue weighted by molar-refractivity contribution is 7.80. The molecular formula is C25H31F4N5S. The predicted octanol–water partition coefficient (Wildman–Crippen LogP) is 6.20. The van der Waals surface area contributed by atoms with Gasteiger partial charge in [0.1, 0.15) is 11.6 Å². The molecular weight excluding hydrogens is 478 g/mol. The lowest BCUT2D eigenvalue weighted by Crippen LogP contribution is -2.44. The molecule has 0 amide bonds. The molecule has 2 N–H and O–H groups in total. The molecule has 1 aliphatic carbocycles. The molecule has 1 saturated heterocycles. The predicted molar refractivity (Wildman–Crippen MR) is 133 cm³/mol. The minimum atomic E-state index is -4.60. The van der Waals surface area contributed by atoms with Gasteiger partial charge in [-0.2, -0.15) is 18.2 Å². The Morgan fingerprint density at radius 2 is 1.80 bits per heavy atom. The summed E-state index contributed by atoms with van der Waals surface area (Å²) in [6.07, 6.45) is 3.34. The lowest BCUT2D eigenvalue weighted by Gasteiger charge is -2.38. The summed E-state index contributed by atoms with van der Waals surface area (Å²) in [5.74, 6) is -0.213. The third kappa shape index (κ3) is 6.20. The number of nitrogens with one attached hydrogen (secondary N) is 2. The lowest BCUT2D eigenvalue weighted by molar-refractivity contribution is -0.141. The number of halogens is 4. The molecule has 1 atom stereocenters. The molecule has 2 heterocycles. The van der Waals surface area contributed by atoms with Crippen LogP contribution in [0, 0.1) is 5.82 Å². The van der Waals surface area contributed by atoms with E-state index in [1.165, 1.54) is 12.1 Å². The van der Waals surface area contributed by atoms with Crippen LogP contribution in [0.2, 0.25) is 0 Å². The molecule has 1 aromatic heterocycles. The van der Waals surface area contributed by atoms with Gasteiger partial charge >= 0.3 is 6.18 Å². The average molecular weight is 510 g/mol. The second kappa shape index (κ2) is 10.6. The number of hydrogen-bond acceptors (Lipinski definition) is 4. The fourth-order valence-corrected chi connectivity index (χ4v) is 5.38. The number of alkyl halides is 3. The quantitative estimate of drug-likeness (QED) is 0.370. The van der Waals surface area contributed by atoms with E-state index in [2.05, 4.69) is 20.6 Å². The molecule has 10 heteroatoms. The minimum Gasteiger partial charge on any atom is -0.361 e. The Kier molecular flexibility index (Phi) is 7.78. The van der Waals surface area contributed by atoms with Crippen molar-refractivity contribution in [3.8, 4) is 0 Å². The van der Waals surface area contributed by atoms with Crippen LogP contribution in [0.1, 0.15) is 69.5 Å². The Morgan fingerprint density at radius 1 is 1.09 bits per heavy atom. The molecule has 1 unspecified atom stereocenters. The second-order valence-corrected chi connectivity index (χ2v) is 10.0. The van der Waals surface area contributed by atoms with E-state index in [9.17, 15) is 17.6 Å². The summed E-state index contributed by atoms with van der Waals surface area (Å²) in [4.78, 5) is 9.97. The van der Waals surface area contributed by atoms with Gasteiger partial charge < -0.3 is 15.5 Å². The Morgan fingerprint density at radius 3 is 2.46 bits per heavy atom. The zero-order chi connectivity index (χ0) is 25.1. The molecule has 2 aliphatic rings. The van der Waals surface area contributed by atoms with Crippen LogP contribution in [0.15, 0.2) is 30.3 Å². The van der Waals surface area contributed by atoms with Gasteiger partial charge in [0.05, 0.1) is 0 Å². The molecule has 1 aliphatic heterocycles. The number of nitrogens with zero attached hydrogens (tertiary/aromatic N) is 3. The molecule has 1 saturated carbocycles. The van der Waals surface area contributed by atoms with Crippen molar-refractivity contribution < 1.29 is 17.6 Å². The van der Waals surface area contributed by atoms with E-state index in [1.54, 1.807) is 12.1 Å². The Balaban J connectivity index is 1.51. The standard InChI is InChI=1S/C25H31F4N5S/c1-17-7-3-6-14-34(17)21-15-20(25(27,28)29)31-22(32-21)33-23(35)30-16-24(12-4-2-5-13-24)18-8-10-19(26)11-9-18/h8-11,15,17H,2-7,12-14,16H2,1H3,(H2,30,31,32,33,35). The van der Waals surface area contributed by atoms with Gasteiger partial charge in [0, 0.05) is 30.6 Å². The van der Waals surface area contributed by atoms with Gasteiger partial charge in [-0.25, -0.2) is 9.37 Å². The molecule has 1 aromatic carbocycles. The maximum absolute atomic E-state index is 13.6. The molecule has 0 spiro atoms. The van der Waals surface area contributed by atoms with Crippen LogP contribution in [0.5, 0.6) is 0 Å². The first-order valence-electron chi connectivity index (χ1n) is 12.2. The molecule has 35 heavy (non-hydrogen) atoms. The number of hydrogen-bond donors (Lipinski definition) is 2. The minimum absolute atomic E-state index is 0.0968. The van der Waals surface area contributed by atoms with E-state index in [0.717, 1.165) is 63.0 Å². The molecule has 2 fully saturated rings. The number of aromatic nitrogens is 2. The third-order valence-electron chi connectivity index (χ3n) is 7.18. The molecule has 0 bridgehead atoms.